The minimum Gasteiger partial charge on any atom is -0.477 e. The lowest BCUT2D eigenvalue weighted by Crippen LogP contribution is -2.46. The normalized spacial score (nSPS) is 22.7. The van der Waals surface area contributed by atoms with Crippen LogP contribution in [0, 0.1) is 17.3 Å². The van der Waals surface area contributed by atoms with E-state index >= 15 is 0 Å². The second-order valence-electron chi connectivity index (χ2n) is 8.70. The van der Waals surface area contributed by atoms with Gasteiger partial charge in [-0.05, 0) is 55.8 Å². The second-order valence-corrected chi connectivity index (χ2v) is 9.80. The highest BCUT2D eigenvalue weighted by atomic mass is 79.9. The van der Waals surface area contributed by atoms with Crippen LogP contribution in [0.3, 0.4) is 0 Å². The zero-order valence-corrected chi connectivity index (χ0v) is 18.6. The molecule has 1 unspecified atom stereocenters. The fraction of sp³-hybridized carbons (Fsp3) is 0.773. The summed E-state index contributed by atoms with van der Waals surface area (Å²) in [7, 11) is 0. The molecule has 0 heterocycles. The first-order valence-corrected chi connectivity index (χ1v) is 11.2. The van der Waals surface area contributed by atoms with Crippen molar-refractivity contribution in [3.05, 3.63) is 24.3 Å². The molecule has 0 aromatic rings. The van der Waals surface area contributed by atoms with E-state index in [0.717, 1.165) is 12.8 Å². The fourth-order valence-corrected chi connectivity index (χ4v) is 4.13. The van der Waals surface area contributed by atoms with E-state index in [1.807, 2.05) is 12.2 Å². The molecule has 1 aliphatic carbocycles. The molecule has 0 saturated heterocycles. The van der Waals surface area contributed by atoms with Crippen molar-refractivity contribution in [2.75, 3.05) is 0 Å². The van der Waals surface area contributed by atoms with Gasteiger partial charge in [0.25, 0.3) is 5.79 Å². The molecule has 4 nitrogen and oxygen atoms in total. The Morgan fingerprint density at radius 1 is 1.22 bits per heavy atom. The van der Waals surface area contributed by atoms with Gasteiger partial charge in [0.1, 0.15) is 0 Å². The number of alkyl halides is 1. The molecule has 5 heteroatoms. The number of hydrogen-bond donors (Lipinski definition) is 3. The largest absolute Gasteiger partial charge is 0.477 e. The van der Waals surface area contributed by atoms with Gasteiger partial charge < -0.3 is 15.3 Å². The van der Waals surface area contributed by atoms with Gasteiger partial charge in [-0.1, -0.05) is 80.3 Å². The summed E-state index contributed by atoms with van der Waals surface area (Å²) in [4.78, 5) is 9.89. The molecule has 1 aliphatic rings. The third-order valence-corrected chi connectivity index (χ3v) is 6.69. The Balaban J connectivity index is 2.44. The minimum absolute atomic E-state index is 0.262. The number of unbranched alkanes of at least 4 members (excludes halogenated alkanes) is 1. The molecule has 1 saturated carbocycles. The van der Waals surface area contributed by atoms with E-state index < -0.39 is 16.6 Å². The van der Waals surface area contributed by atoms with Crippen molar-refractivity contribution in [2.45, 2.75) is 89.2 Å². The summed E-state index contributed by atoms with van der Waals surface area (Å²) < 4.78 is 0. The predicted octanol–water partition coefficient (Wildman–Crippen LogP) is 5.43. The molecule has 0 aromatic carbocycles. The van der Waals surface area contributed by atoms with Crippen LogP contribution in [-0.2, 0) is 4.79 Å². The lowest BCUT2D eigenvalue weighted by molar-refractivity contribution is -0.202. The number of rotatable bonds is 12. The van der Waals surface area contributed by atoms with Crippen molar-refractivity contribution in [3.8, 4) is 0 Å². The molecule has 0 amide bonds. The van der Waals surface area contributed by atoms with Crippen LogP contribution >= 0.6 is 15.9 Å². The highest BCUT2D eigenvalue weighted by Gasteiger charge is 2.40. The van der Waals surface area contributed by atoms with Crippen LogP contribution in [0.1, 0.15) is 78.6 Å². The predicted molar refractivity (Wildman–Crippen MR) is 114 cm³/mol. The van der Waals surface area contributed by atoms with Gasteiger partial charge in [-0.25, -0.2) is 4.79 Å². The third-order valence-electron chi connectivity index (χ3n) is 5.68. The van der Waals surface area contributed by atoms with E-state index in [2.05, 4.69) is 48.9 Å². The Hall–Kier alpha value is -0.650. The summed E-state index contributed by atoms with van der Waals surface area (Å²) >= 11 is 3.05. The summed E-state index contributed by atoms with van der Waals surface area (Å²) in [6.45, 7) is 6.93. The van der Waals surface area contributed by atoms with E-state index in [4.69, 9.17) is 5.11 Å². The molecule has 156 valence electrons. The molecule has 0 radical (unpaired) electrons. The number of aliphatic hydroxyl groups is 2. The Morgan fingerprint density at radius 2 is 1.93 bits per heavy atom. The smallest absolute Gasteiger partial charge is 0.365 e. The maximum absolute atomic E-state index is 10.8. The number of carbonyl (C=O) groups is 1. The van der Waals surface area contributed by atoms with Gasteiger partial charge in [-0.3, -0.25) is 0 Å². The zero-order valence-electron chi connectivity index (χ0n) is 17.0. The minimum atomic E-state index is -2.74. The lowest BCUT2D eigenvalue weighted by Gasteiger charge is -2.23. The average Bonchev–Trinajstić information content (AvgIpc) is 3.03. The van der Waals surface area contributed by atoms with Gasteiger partial charge in [-0.2, -0.15) is 0 Å². The summed E-state index contributed by atoms with van der Waals surface area (Å²) in [6.07, 6.45) is 18.5. The van der Waals surface area contributed by atoms with E-state index in [1.54, 1.807) is 0 Å². The van der Waals surface area contributed by atoms with Gasteiger partial charge in [0.2, 0.25) is 0 Å². The van der Waals surface area contributed by atoms with Crippen LogP contribution in [0.2, 0.25) is 0 Å². The van der Waals surface area contributed by atoms with E-state index in [9.17, 15) is 15.0 Å². The average molecular weight is 445 g/mol. The molecule has 0 aliphatic heterocycles. The van der Waals surface area contributed by atoms with E-state index in [1.165, 1.54) is 38.5 Å². The van der Waals surface area contributed by atoms with Crippen molar-refractivity contribution in [3.63, 3.8) is 0 Å². The molecule has 27 heavy (non-hydrogen) atoms. The topological polar surface area (TPSA) is 77.8 Å². The molecule has 0 spiro atoms. The summed E-state index contributed by atoms with van der Waals surface area (Å²) in [5, 5.41) is 27.8. The lowest BCUT2D eigenvalue weighted by atomic mass is 9.83. The number of aliphatic carboxylic acids is 1. The molecule has 1 fully saturated rings. The molecular formula is C22H37BrO4. The van der Waals surface area contributed by atoms with Crippen molar-refractivity contribution >= 4 is 21.9 Å². The van der Waals surface area contributed by atoms with Crippen LogP contribution < -0.4 is 0 Å². The maximum Gasteiger partial charge on any atom is 0.365 e. The molecule has 0 aromatic heterocycles. The number of halogens is 1. The van der Waals surface area contributed by atoms with Crippen LogP contribution in [0.25, 0.3) is 0 Å². The molecule has 1 rings (SSSR count). The van der Waals surface area contributed by atoms with Gasteiger partial charge in [-0.15, -0.1) is 0 Å². The SMILES string of the molecule is CCCCC(C)(C)CC=C[C@H]1CCC[C@@H]1CC=CCC(Br)C(O)(O)C(=O)O. The molecular weight excluding hydrogens is 408 g/mol. The number of carboxylic acid groups (broad SMARTS) is 1. The first kappa shape index (κ1) is 24.4. The number of allylic oxidation sites excluding steroid dienone is 4. The maximum atomic E-state index is 10.8. The first-order valence-electron chi connectivity index (χ1n) is 10.2. The van der Waals surface area contributed by atoms with Crippen molar-refractivity contribution in [1.29, 1.82) is 0 Å². The van der Waals surface area contributed by atoms with Gasteiger partial charge >= 0.3 is 5.97 Å². The van der Waals surface area contributed by atoms with E-state index in [-0.39, 0.29) is 6.42 Å². The Kier molecular flexibility index (Phi) is 10.3. The Morgan fingerprint density at radius 3 is 2.56 bits per heavy atom. The highest BCUT2D eigenvalue weighted by molar-refractivity contribution is 9.09. The molecule has 3 N–H and O–H groups in total. The highest BCUT2D eigenvalue weighted by Crippen LogP contribution is 2.36. The number of hydrogen-bond acceptors (Lipinski definition) is 3. The van der Waals surface area contributed by atoms with Crippen molar-refractivity contribution in [1.82, 2.24) is 0 Å². The quantitative estimate of drug-likeness (QED) is 0.213. The second kappa shape index (κ2) is 11.4. The fourth-order valence-electron chi connectivity index (χ4n) is 3.72. The zero-order chi connectivity index (χ0) is 20.5. The Labute approximate surface area is 172 Å². The van der Waals surface area contributed by atoms with Crippen LogP contribution in [0.15, 0.2) is 24.3 Å². The van der Waals surface area contributed by atoms with Gasteiger partial charge in [0, 0.05) is 0 Å². The summed E-state index contributed by atoms with van der Waals surface area (Å²) in [5.41, 5.74) is 0.372. The van der Waals surface area contributed by atoms with Crippen LogP contribution in [0.5, 0.6) is 0 Å². The van der Waals surface area contributed by atoms with E-state index in [0.29, 0.717) is 17.3 Å². The first-order chi connectivity index (χ1) is 12.6. The van der Waals surface area contributed by atoms with Crippen molar-refractivity contribution in [2.24, 2.45) is 17.3 Å². The standard InChI is InChI=1S/C22H37BrO4/c1-4-5-15-21(2,3)16-9-13-18-12-8-11-17(18)10-6-7-14-19(23)22(26,27)20(24)25/h6-7,9,13,17-19,26-27H,4-5,8,10-12,14-16H2,1-3H3,(H,24,25)/t17-,18+,19?/m0/s1. The van der Waals surface area contributed by atoms with Crippen LogP contribution in [0.4, 0.5) is 0 Å². The van der Waals surface area contributed by atoms with Crippen LogP contribution in [-0.4, -0.2) is 31.9 Å². The third kappa shape index (κ3) is 8.49. The summed E-state index contributed by atoms with van der Waals surface area (Å²) in [6, 6.07) is 0. The van der Waals surface area contributed by atoms with Gasteiger partial charge in [0.05, 0.1) is 4.83 Å². The van der Waals surface area contributed by atoms with Crippen molar-refractivity contribution < 1.29 is 20.1 Å². The molecule has 3 atom stereocenters. The monoisotopic (exact) mass is 444 g/mol. The Bertz CT molecular complexity index is 510. The number of carboxylic acids is 1. The summed E-state index contributed by atoms with van der Waals surface area (Å²) in [5.74, 6) is -3.14. The molecule has 0 bridgehead atoms. The van der Waals surface area contributed by atoms with Gasteiger partial charge in [0.15, 0.2) is 0 Å².